The minimum Gasteiger partial charge on any atom is -0.481 e. The Morgan fingerprint density at radius 2 is 2.14 bits per heavy atom. The third-order valence-electron chi connectivity index (χ3n) is 3.38. The molecule has 1 aromatic carbocycles. The lowest BCUT2D eigenvalue weighted by Crippen LogP contribution is -2.14. The van der Waals surface area contributed by atoms with E-state index in [4.69, 9.17) is 11.6 Å². The molecular formula is C16H13ClN2O2. The predicted octanol–water partition coefficient (Wildman–Crippen LogP) is 3.40. The Hall–Kier alpha value is -2.33. The Morgan fingerprint density at radius 3 is 2.86 bits per heavy atom. The molecule has 0 bridgehead atoms. The predicted molar refractivity (Wildman–Crippen MR) is 80.7 cm³/mol. The van der Waals surface area contributed by atoms with Crippen LogP contribution in [0.1, 0.15) is 17.2 Å². The number of benzene rings is 1. The number of aliphatic carboxylic acids is 1. The van der Waals surface area contributed by atoms with Crippen LogP contribution in [0.15, 0.2) is 54.9 Å². The standard InChI is InChI=1S/C16H13ClN2O2/c17-12-5-3-4-11(8-12)14(16(20)21)9-13-10-19-7-2-1-6-15(19)18-13/h1-8,10,14H,9H2,(H,20,21). The molecular weight excluding hydrogens is 288 g/mol. The summed E-state index contributed by atoms with van der Waals surface area (Å²) in [5.74, 6) is -1.54. The van der Waals surface area contributed by atoms with E-state index in [1.165, 1.54) is 0 Å². The van der Waals surface area contributed by atoms with Crippen molar-refractivity contribution in [2.75, 3.05) is 0 Å². The quantitative estimate of drug-likeness (QED) is 0.803. The fourth-order valence-corrected chi connectivity index (χ4v) is 2.56. The fraction of sp³-hybridized carbons (Fsp3) is 0.125. The van der Waals surface area contributed by atoms with Crippen LogP contribution in [0, 0.1) is 0 Å². The number of hydrogen-bond donors (Lipinski definition) is 1. The van der Waals surface area contributed by atoms with Crippen molar-refractivity contribution in [1.82, 2.24) is 9.38 Å². The minimum absolute atomic E-state index is 0.331. The number of carbonyl (C=O) groups is 1. The number of carboxylic acids is 1. The second-order valence-corrected chi connectivity index (χ2v) is 5.28. The van der Waals surface area contributed by atoms with Gasteiger partial charge < -0.3 is 9.51 Å². The molecule has 0 aliphatic carbocycles. The molecule has 0 aliphatic rings. The maximum atomic E-state index is 11.6. The molecule has 0 saturated heterocycles. The highest BCUT2D eigenvalue weighted by atomic mass is 35.5. The van der Waals surface area contributed by atoms with Crippen LogP contribution >= 0.6 is 11.6 Å². The highest BCUT2D eigenvalue weighted by molar-refractivity contribution is 6.30. The van der Waals surface area contributed by atoms with Gasteiger partial charge in [-0.05, 0) is 29.8 Å². The smallest absolute Gasteiger partial charge is 0.311 e. The molecule has 4 nitrogen and oxygen atoms in total. The Kier molecular flexibility index (Phi) is 3.62. The van der Waals surface area contributed by atoms with Gasteiger partial charge in [0.15, 0.2) is 0 Å². The van der Waals surface area contributed by atoms with Crippen molar-refractivity contribution in [3.05, 3.63) is 71.1 Å². The number of imidazole rings is 1. The van der Waals surface area contributed by atoms with Crippen LogP contribution in [-0.2, 0) is 11.2 Å². The molecule has 21 heavy (non-hydrogen) atoms. The van der Waals surface area contributed by atoms with Crippen LogP contribution < -0.4 is 0 Å². The summed E-state index contributed by atoms with van der Waals surface area (Å²) in [6.45, 7) is 0. The molecule has 5 heteroatoms. The Bertz CT molecular complexity index is 765. The molecule has 0 spiro atoms. The number of fused-ring (bicyclic) bond motifs is 1. The number of aromatic nitrogens is 2. The van der Waals surface area contributed by atoms with Crippen molar-refractivity contribution in [2.45, 2.75) is 12.3 Å². The van der Waals surface area contributed by atoms with Crippen LogP contribution in [0.25, 0.3) is 5.65 Å². The van der Waals surface area contributed by atoms with Crippen molar-refractivity contribution in [2.24, 2.45) is 0 Å². The number of hydrogen-bond acceptors (Lipinski definition) is 2. The molecule has 0 saturated carbocycles. The van der Waals surface area contributed by atoms with Gasteiger partial charge in [-0.1, -0.05) is 29.8 Å². The molecule has 0 radical (unpaired) electrons. The molecule has 1 unspecified atom stereocenters. The van der Waals surface area contributed by atoms with Crippen LogP contribution in [-0.4, -0.2) is 20.5 Å². The van der Waals surface area contributed by atoms with E-state index in [9.17, 15) is 9.90 Å². The van der Waals surface area contributed by atoms with Crippen LogP contribution in [0.5, 0.6) is 0 Å². The van der Waals surface area contributed by atoms with Crippen molar-refractivity contribution in [3.8, 4) is 0 Å². The SMILES string of the molecule is O=C(O)C(Cc1cn2ccccc2n1)c1cccc(Cl)c1. The summed E-state index contributed by atoms with van der Waals surface area (Å²) in [6, 6.07) is 12.7. The summed E-state index contributed by atoms with van der Waals surface area (Å²) in [7, 11) is 0. The van der Waals surface area contributed by atoms with Gasteiger partial charge in [0, 0.05) is 23.8 Å². The van der Waals surface area contributed by atoms with Gasteiger partial charge in [-0.15, -0.1) is 0 Å². The first-order valence-electron chi connectivity index (χ1n) is 6.54. The number of nitrogens with zero attached hydrogens (tertiary/aromatic N) is 2. The molecule has 0 aliphatic heterocycles. The van der Waals surface area contributed by atoms with E-state index in [0.29, 0.717) is 17.0 Å². The van der Waals surface area contributed by atoms with Crippen LogP contribution in [0.4, 0.5) is 0 Å². The van der Waals surface area contributed by atoms with E-state index in [0.717, 1.165) is 11.3 Å². The summed E-state index contributed by atoms with van der Waals surface area (Å²) in [5, 5.41) is 10.0. The van der Waals surface area contributed by atoms with Gasteiger partial charge in [-0.3, -0.25) is 4.79 Å². The molecule has 3 rings (SSSR count). The zero-order chi connectivity index (χ0) is 14.8. The summed E-state index contributed by atoms with van der Waals surface area (Å²) < 4.78 is 1.88. The molecule has 2 aromatic heterocycles. The maximum absolute atomic E-state index is 11.6. The molecule has 1 atom stereocenters. The summed E-state index contributed by atoms with van der Waals surface area (Å²) in [5.41, 5.74) is 2.24. The van der Waals surface area contributed by atoms with Gasteiger partial charge in [-0.25, -0.2) is 4.98 Å². The van der Waals surface area contributed by atoms with Crippen molar-refractivity contribution in [1.29, 1.82) is 0 Å². The second kappa shape index (κ2) is 5.58. The average molecular weight is 301 g/mol. The van der Waals surface area contributed by atoms with Crippen molar-refractivity contribution >= 4 is 23.2 Å². The van der Waals surface area contributed by atoms with E-state index in [2.05, 4.69) is 4.98 Å². The lowest BCUT2D eigenvalue weighted by atomic mass is 9.95. The van der Waals surface area contributed by atoms with E-state index in [-0.39, 0.29) is 0 Å². The van der Waals surface area contributed by atoms with Crippen molar-refractivity contribution in [3.63, 3.8) is 0 Å². The molecule has 0 fully saturated rings. The van der Waals surface area contributed by atoms with E-state index < -0.39 is 11.9 Å². The van der Waals surface area contributed by atoms with E-state index in [1.807, 2.05) is 35.0 Å². The molecule has 2 heterocycles. The van der Waals surface area contributed by atoms with E-state index in [1.54, 1.807) is 24.3 Å². The van der Waals surface area contributed by atoms with Gasteiger partial charge in [-0.2, -0.15) is 0 Å². The van der Waals surface area contributed by atoms with Gasteiger partial charge >= 0.3 is 5.97 Å². The third kappa shape index (κ3) is 2.90. The summed E-state index contributed by atoms with van der Waals surface area (Å²) in [4.78, 5) is 16.0. The third-order valence-corrected chi connectivity index (χ3v) is 3.61. The topological polar surface area (TPSA) is 54.6 Å². The number of rotatable bonds is 4. The highest BCUT2D eigenvalue weighted by Crippen LogP contribution is 2.24. The first-order valence-corrected chi connectivity index (χ1v) is 6.92. The number of pyridine rings is 1. The first-order chi connectivity index (χ1) is 10.1. The van der Waals surface area contributed by atoms with Crippen LogP contribution in [0.3, 0.4) is 0 Å². The fourth-order valence-electron chi connectivity index (χ4n) is 2.37. The Labute approximate surface area is 126 Å². The zero-order valence-corrected chi connectivity index (χ0v) is 11.9. The van der Waals surface area contributed by atoms with Gasteiger partial charge in [0.25, 0.3) is 0 Å². The molecule has 106 valence electrons. The van der Waals surface area contributed by atoms with Gasteiger partial charge in [0.1, 0.15) is 5.65 Å². The largest absolute Gasteiger partial charge is 0.481 e. The lowest BCUT2D eigenvalue weighted by Gasteiger charge is -2.11. The number of halogens is 1. The zero-order valence-electron chi connectivity index (χ0n) is 11.1. The molecule has 0 amide bonds. The molecule has 1 N–H and O–H groups in total. The highest BCUT2D eigenvalue weighted by Gasteiger charge is 2.22. The van der Waals surface area contributed by atoms with Gasteiger partial charge in [0.05, 0.1) is 11.6 Å². The number of carboxylic acid groups (broad SMARTS) is 1. The Morgan fingerprint density at radius 1 is 1.29 bits per heavy atom. The molecule has 3 aromatic rings. The maximum Gasteiger partial charge on any atom is 0.311 e. The lowest BCUT2D eigenvalue weighted by molar-refractivity contribution is -0.138. The second-order valence-electron chi connectivity index (χ2n) is 4.85. The van der Waals surface area contributed by atoms with Gasteiger partial charge in [0.2, 0.25) is 0 Å². The van der Waals surface area contributed by atoms with E-state index >= 15 is 0 Å². The monoisotopic (exact) mass is 300 g/mol. The van der Waals surface area contributed by atoms with Crippen molar-refractivity contribution < 1.29 is 9.90 Å². The summed E-state index contributed by atoms with van der Waals surface area (Å²) in [6.07, 6.45) is 4.08. The normalized spacial score (nSPS) is 12.4. The Balaban J connectivity index is 1.93. The first kappa shape index (κ1) is 13.6. The minimum atomic E-state index is -0.880. The summed E-state index contributed by atoms with van der Waals surface area (Å²) >= 11 is 5.95. The average Bonchev–Trinajstić information content (AvgIpc) is 2.87. The van der Waals surface area contributed by atoms with Crippen LogP contribution in [0.2, 0.25) is 5.02 Å².